The van der Waals surface area contributed by atoms with E-state index in [9.17, 15) is 13.2 Å². The number of hydrogen-bond acceptors (Lipinski definition) is 5. The van der Waals surface area contributed by atoms with Gasteiger partial charge in [0.15, 0.2) is 0 Å². The van der Waals surface area contributed by atoms with E-state index in [1.54, 1.807) is 12.1 Å². The molecule has 0 saturated heterocycles. The fourth-order valence-corrected chi connectivity index (χ4v) is 5.15. The lowest BCUT2D eigenvalue weighted by atomic mass is 10.2. The van der Waals surface area contributed by atoms with Gasteiger partial charge in [0.2, 0.25) is 15.9 Å². The fraction of sp³-hybridized carbons (Fsp3) is 0.222. The van der Waals surface area contributed by atoms with Crippen molar-refractivity contribution >= 4 is 33.1 Å². The van der Waals surface area contributed by atoms with Crippen molar-refractivity contribution in [1.29, 1.82) is 0 Å². The zero-order valence-corrected chi connectivity index (χ0v) is 16.0. The molecule has 0 atom stereocenters. The number of anilines is 1. The van der Waals surface area contributed by atoms with Crippen LogP contribution in [0.1, 0.15) is 22.4 Å². The monoisotopic (exact) mass is 402 g/mol. The van der Waals surface area contributed by atoms with Crippen LogP contribution >= 0.6 is 11.3 Å². The van der Waals surface area contributed by atoms with Gasteiger partial charge in [0, 0.05) is 12.1 Å². The van der Waals surface area contributed by atoms with Crippen LogP contribution < -0.4 is 5.32 Å². The molecule has 140 valence electrons. The molecule has 0 radical (unpaired) electrons. The second-order valence-corrected chi connectivity index (χ2v) is 9.14. The van der Waals surface area contributed by atoms with Crippen LogP contribution in [0.2, 0.25) is 0 Å². The van der Waals surface area contributed by atoms with Crippen molar-refractivity contribution in [1.82, 2.24) is 14.5 Å². The minimum atomic E-state index is -3.47. The predicted octanol–water partition coefficient (Wildman–Crippen LogP) is 2.50. The van der Waals surface area contributed by atoms with Crippen LogP contribution in [0.25, 0.3) is 0 Å². The Morgan fingerprint density at radius 1 is 1.19 bits per heavy atom. The van der Waals surface area contributed by atoms with Gasteiger partial charge < -0.3 is 5.32 Å². The van der Waals surface area contributed by atoms with Crippen LogP contribution in [-0.4, -0.2) is 28.8 Å². The Morgan fingerprint density at radius 2 is 2.00 bits per heavy atom. The largest absolute Gasteiger partial charge is 0.311 e. The van der Waals surface area contributed by atoms with Crippen LogP contribution in [-0.2, 0) is 40.1 Å². The van der Waals surface area contributed by atoms with Gasteiger partial charge in [0.05, 0.1) is 24.4 Å². The third-order valence-corrected chi connectivity index (χ3v) is 6.88. The Balaban J connectivity index is 1.44. The number of benzene rings is 1. The first kappa shape index (κ1) is 17.9. The van der Waals surface area contributed by atoms with Crippen molar-refractivity contribution in [3.63, 3.8) is 0 Å². The number of nitrogens with one attached hydrogen (secondary N) is 2. The Kier molecular flexibility index (Phi) is 4.81. The van der Waals surface area contributed by atoms with Crippen molar-refractivity contribution < 1.29 is 13.2 Å². The molecule has 9 heteroatoms. The summed E-state index contributed by atoms with van der Waals surface area (Å²) in [6, 6.07) is 11.0. The molecule has 7 nitrogen and oxygen atoms in total. The SMILES string of the molecule is O=C(Cc1ccsc1)Nc1[nH]nc2c1CN(S(=O)(=O)Cc1ccccc1)C2. The van der Waals surface area contributed by atoms with E-state index in [0.717, 1.165) is 16.7 Å². The summed E-state index contributed by atoms with van der Waals surface area (Å²) in [5.41, 5.74) is 3.07. The van der Waals surface area contributed by atoms with E-state index in [-0.39, 0.29) is 31.2 Å². The van der Waals surface area contributed by atoms with E-state index >= 15 is 0 Å². The van der Waals surface area contributed by atoms with Crippen molar-refractivity contribution in [3.8, 4) is 0 Å². The maximum atomic E-state index is 12.7. The van der Waals surface area contributed by atoms with E-state index < -0.39 is 10.0 Å². The highest BCUT2D eigenvalue weighted by Gasteiger charge is 2.33. The van der Waals surface area contributed by atoms with Gasteiger partial charge in [-0.2, -0.15) is 20.7 Å². The number of sulfonamides is 1. The highest BCUT2D eigenvalue weighted by molar-refractivity contribution is 7.88. The summed E-state index contributed by atoms with van der Waals surface area (Å²) in [6.45, 7) is 0.413. The number of thiophene rings is 1. The molecule has 0 unspecified atom stereocenters. The number of hydrogen-bond donors (Lipinski definition) is 2. The Bertz CT molecular complexity index is 1040. The van der Waals surface area contributed by atoms with Gasteiger partial charge in [0.25, 0.3) is 0 Å². The standard InChI is InChI=1S/C18H18N4O3S2/c23-17(8-14-6-7-26-11-14)19-18-15-9-22(10-16(15)20-21-18)27(24,25)12-13-4-2-1-3-5-13/h1-7,11H,8-10,12H2,(H2,19,20,21,23). The maximum Gasteiger partial charge on any atom is 0.229 e. The van der Waals surface area contributed by atoms with Crippen molar-refractivity contribution in [2.24, 2.45) is 0 Å². The van der Waals surface area contributed by atoms with Crippen LogP contribution in [0.15, 0.2) is 47.2 Å². The van der Waals surface area contributed by atoms with Crippen LogP contribution in [0.5, 0.6) is 0 Å². The number of H-pyrrole nitrogens is 1. The lowest BCUT2D eigenvalue weighted by Crippen LogP contribution is -2.27. The van der Waals surface area contributed by atoms with Crippen LogP contribution in [0, 0.1) is 0 Å². The zero-order valence-electron chi connectivity index (χ0n) is 14.4. The summed E-state index contributed by atoms with van der Waals surface area (Å²) in [5, 5.41) is 13.6. The molecule has 1 aliphatic rings. The Morgan fingerprint density at radius 3 is 2.74 bits per heavy atom. The van der Waals surface area contributed by atoms with Crippen LogP contribution in [0.3, 0.4) is 0 Å². The molecule has 0 fully saturated rings. The lowest BCUT2D eigenvalue weighted by molar-refractivity contribution is -0.115. The average Bonchev–Trinajstić information content (AvgIpc) is 3.34. The molecular formula is C18H18N4O3S2. The molecule has 1 aromatic carbocycles. The number of carbonyl (C=O) groups is 1. The zero-order chi connectivity index (χ0) is 18.9. The first-order chi connectivity index (χ1) is 13.0. The molecule has 4 rings (SSSR count). The minimum Gasteiger partial charge on any atom is -0.311 e. The molecule has 0 bridgehead atoms. The summed E-state index contributed by atoms with van der Waals surface area (Å²) < 4.78 is 26.8. The van der Waals surface area contributed by atoms with Gasteiger partial charge in [-0.25, -0.2) is 8.42 Å². The molecule has 0 aliphatic carbocycles. The summed E-state index contributed by atoms with van der Waals surface area (Å²) in [6.07, 6.45) is 0.271. The van der Waals surface area contributed by atoms with E-state index in [2.05, 4.69) is 15.5 Å². The maximum absolute atomic E-state index is 12.7. The molecule has 0 saturated carbocycles. The van der Waals surface area contributed by atoms with Gasteiger partial charge in [-0.05, 0) is 28.0 Å². The molecular weight excluding hydrogens is 384 g/mol. The van der Waals surface area contributed by atoms with E-state index in [0.29, 0.717) is 11.5 Å². The Labute approximate surface area is 161 Å². The second kappa shape index (κ2) is 7.26. The number of amides is 1. The fourth-order valence-electron chi connectivity index (χ4n) is 3.04. The number of carbonyl (C=O) groups excluding carboxylic acids is 1. The number of aromatic nitrogens is 2. The van der Waals surface area contributed by atoms with Crippen molar-refractivity contribution in [3.05, 3.63) is 69.5 Å². The molecule has 0 spiro atoms. The quantitative estimate of drug-likeness (QED) is 0.662. The Hall–Kier alpha value is -2.49. The number of rotatable bonds is 6. The summed E-state index contributed by atoms with van der Waals surface area (Å²) >= 11 is 1.54. The van der Waals surface area contributed by atoms with Gasteiger partial charge in [-0.3, -0.25) is 9.89 Å². The first-order valence-electron chi connectivity index (χ1n) is 8.40. The summed E-state index contributed by atoms with van der Waals surface area (Å²) in [7, 11) is -3.47. The number of aromatic amines is 1. The normalized spacial score (nSPS) is 14.2. The second-order valence-electron chi connectivity index (χ2n) is 6.39. The molecule has 2 aromatic heterocycles. The first-order valence-corrected chi connectivity index (χ1v) is 11.0. The van der Waals surface area contributed by atoms with Gasteiger partial charge in [-0.15, -0.1) is 0 Å². The predicted molar refractivity (Wildman–Crippen MR) is 104 cm³/mol. The van der Waals surface area contributed by atoms with Gasteiger partial charge in [-0.1, -0.05) is 30.3 Å². The van der Waals surface area contributed by atoms with Crippen molar-refractivity contribution in [2.45, 2.75) is 25.3 Å². The summed E-state index contributed by atoms with van der Waals surface area (Å²) in [4.78, 5) is 12.2. The highest BCUT2D eigenvalue weighted by Crippen LogP contribution is 2.30. The van der Waals surface area contributed by atoms with Gasteiger partial charge >= 0.3 is 0 Å². The molecule has 3 heterocycles. The van der Waals surface area contributed by atoms with Gasteiger partial charge in [0.1, 0.15) is 5.82 Å². The third kappa shape index (κ3) is 3.95. The minimum absolute atomic E-state index is 0.0539. The van der Waals surface area contributed by atoms with E-state index in [1.807, 2.05) is 35.0 Å². The summed E-state index contributed by atoms with van der Waals surface area (Å²) in [5.74, 6) is 0.259. The topological polar surface area (TPSA) is 95.2 Å². The molecule has 3 aromatic rings. The highest BCUT2D eigenvalue weighted by atomic mass is 32.2. The van der Waals surface area contributed by atoms with E-state index in [1.165, 1.54) is 15.6 Å². The number of fused-ring (bicyclic) bond motifs is 1. The van der Waals surface area contributed by atoms with Crippen molar-refractivity contribution in [2.75, 3.05) is 5.32 Å². The van der Waals surface area contributed by atoms with E-state index in [4.69, 9.17) is 0 Å². The number of nitrogens with zero attached hydrogens (tertiary/aromatic N) is 2. The molecule has 1 aliphatic heterocycles. The smallest absolute Gasteiger partial charge is 0.229 e. The average molecular weight is 403 g/mol. The lowest BCUT2D eigenvalue weighted by Gasteiger charge is -2.16. The third-order valence-electron chi connectivity index (χ3n) is 4.41. The molecule has 2 N–H and O–H groups in total. The van der Waals surface area contributed by atoms with Crippen LogP contribution in [0.4, 0.5) is 5.82 Å². The molecule has 1 amide bonds. The molecule has 27 heavy (non-hydrogen) atoms.